The summed E-state index contributed by atoms with van der Waals surface area (Å²) in [6.07, 6.45) is 0. The Balaban J connectivity index is 2.32. The molecule has 0 aliphatic heterocycles. The van der Waals surface area contributed by atoms with Crippen molar-refractivity contribution in [2.75, 3.05) is 19.7 Å². The number of carbonyl (C=O) groups excluding carboxylic acids is 1. The first-order valence-corrected chi connectivity index (χ1v) is 11.5. The van der Waals surface area contributed by atoms with Gasteiger partial charge in [-0.2, -0.15) is 4.31 Å². The summed E-state index contributed by atoms with van der Waals surface area (Å²) < 4.78 is 33.5. The summed E-state index contributed by atoms with van der Waals surface area (Å²) in [6, 6.07) is 14.0. The molecule has 2 rings (SSSR count). The van der Waals surface area contributed by atoms with Gasteiger partial charge < -0.3 is 10.1 Å². The molecule has 2 aromatic rings. The standard InChI is InChI=1S/C23H32N2O4S/c1-6-29-21-13-12-20(14-18(21)2)30(27,28)25(15-19-10-8-7-9-11-19)16-22(26)24-17-23(3,4)5/h7-14H,6,15-17H2,1-5H3,(H,24,26). The minimum absolute atomic E-state index is 0.0922. The van der Waals surface area contributed by atoms with Crippen molar-refractivity contribution < 1.29 is 17.9 Å². The highest BCUT2D eigenvalue weighted by Crippen LogP contribution is 2.25. The van der Waals surface area contributed by atoms with Crippen LogP contribution in [0.1, 0.15) is 38.8 Å². The van der Waals surface area contributed by atoms with E-state index < -0.39 is 10.0 Å². The van der Waals surface area contributed by atoms with Crippen LogP contribution in [0.15, 0.2) is 53.4 Å². The van der Waals surface area contributed by atoms with E-state index in [2.05, 4.69) is 5.32 Å². The van der Waals surface area contributed by atoms with Crippen molar-refractivity contribution in [2.24, 2.45) is 5.41 Å². The number of ether oxygens (including phenoxy) is 1. The van der Waals surface area contributed by atoms with Gasteiger partial charge in [0, 0.05) is 13.1 Å². The van der Waals surface area contributed by atoms with Crippen LogP contribution in [0.4, 0.5) is 0 Å². The van der Waals surface area contributed by atoms with E-state index in [4.69, 9.17) is 4.74 Å². The Bertz CT molecular complexity index is 951. The van der Waals surface area contributed by atoms with Crippen molar-refractivity contribution in [2.45, 2.75) is 46.1 Å². The molecular weight excluding hydrogens is 400 g/mol. The summed E-state index contributed by atoms with van der Waals surface area (Å²) in [5, 5.41) is 2.83. The zero-order chi connectivity index (χ0) is 22.4. The lowest BCUT2D eigenvalue weighted by molar-refractivity contribution is -0.121. The van der Waals surface area contributed by atoms with Crippen molar-refractivity contribution in [1.82, 2.24) is 9.62 Å². The lowest BCUT2D eigenvalue weighted by Gasteiger charge is -2.24. The fourth-order valence-corrected chi connectivity index (χ4v) is 4.31. The van der Waals surface area contributed by atoms with Gasteiger partial charge in [-0.3, -0.25) is 4.79 Å². The van der Waals surface area contributed by atoms with E-state index in [9.17, 15) is 13.2 Å². The molecule has 0 saturated heterocycles. The van der Waals surface area contributed by atoms with Crippen molar-refractivity contribution in [1.29, 1.82) is 0 Å². The summed E-state index contributed by atoms with van der Waals surface area (Å²) in [5.74, 6) is 0.320. The first-order chi connectivity index (χ1) is 14.0. The predicted molar refractivity (Wildman–Crippen MR) is 119 cm³/mol. The highest BCUT2D eigenvalue weighted by Gasteiger charge is 2.28. The van der Waals surface area contributed by atoms with Crippen LogP contribution in [0.3, 0.4) is 0 Å². The number of amides is 1. The quantitative estimate of drug-likeness (QED) is 0.655. The van der Waals surface area contributed by atoms with Gasteiger partial charge in [0.2, 0.25) is 15.9 Å². The normalized spacial score (nSPS) is 12.1. The maximum Gasteiger partial charge on any atom is 0.243 e. The largest absolute Gasteiger partial charge is 0.494 e. The number of nitrogens with zero attached hydrogens (tertiary/aromatic N) is 1. The molecular formula is C23H32N2O4S. The smallest absolute Gasteiger partial charge is 0.243 e. The molecule has 0 fully saturated rings. The minimum atomic E-state index is -3.89. The monoisotopic (exact) mass is 432 g/mol. The molecule has 0 unspecified atom stereocenters. The molecule has 1 N–H and O–H groups in total. The van der Waals surface area contributed by atoms with E-state index in [1.165, 1.54) is 10.4 Å². The van der Waals surface area contributed by atoms with Gasteiger partial charge in [-0.05, 0) is 48.6 Å². The topological polar surface area (TPSA) is 75.7 Å². The number of carbonyl (C=O) groups is 1. The summed E-state index contributed by atoms with van der Waals surface area (Å²) in [7, 11) is -3.89. The highest BCUT2D eigenvalue weighted by atomic mass is 32.2. The van der Waals surface area contributed by atoms with Gasteiger partial charge in [0.05, 0.1) is 18.0 Å². The average molecular weight is 433 g/mol. The molecule has 6 nitrogen and oxygen atoms in total. The molecule has 0 aromatic heterocycles. The van der Waals surface area contributed by atoms with Crippen LogP contribution in [0.5, 0.6) is 5.75 Å². The van der Waals surface area contributed by atoms with Gasteiger partial charge in [-0.1, -0.05) is 51.1 Å². The molecule has 0 atom stereocenters. The summed E-state index contributed by atoms with van der Waals surface area (Å²) in [6.45, 7) is 10.5. The Labute approximate surface area is 180 Å². The second-order valence-corrected chi connectivity index (χ2v) is 10.4. The fourth-order valence-electron chi connectivity index (χ4n) is 2.84. The number of rotatable bonds is 9. The van der Waals surface area contributed by atoms with E-state index in [0.29, 0.717) is 18.9 Å². The zero-order valence-electron chi connectivity index (χ0n) is 18.4. The third-order valence-corrected chi connectivity index (χ3v) is 6.21. The predicted octanol–water partition coefficient (Wildman–Crippen LogP) is 3.75. The van der Waals surface area contributed by atoms with Crippen molar-refractivity contribution in [3.63, 3.8) is 0 Å². The van der Waals surface area contributed by atoms with Crippen LogP contribution in [-0.2, 0) is 21.4 Å². The van der Waals surface area contributed by atoms with Crippen molar-refractivity contribution >= 4 is 15.9 Å². The molecule has 0 bridgehead atoms. The van der Waals surface area contributed by atoms with E-state index in [1.807, 2.05) is 65.0 Å². The van der Waals surface area contributed by atoms with E-state index in [1.54, 1.807) is 12.1 Å². The first-order valence-electron chi connectivity index (χ1n) is 10.1. The molecule has 0 spiro atoms. The molecule has 0 radical (unpaired) electrons. The average Bonchev–Trinajstić information content (AvgIpc) is 2.68. The Morgan fingerprint density at radius 2 is 1.77 bits per heavy atom. The second kappa shape index (κ2) is 10.1. The van der Waals surface area contributed by atoms with Crippen LogP contribution in [-0.4, -0.2) is 38.3 Å². The highest BCUT2D eigenvalue weighted by molar-refractivity contribution is 7.89. The third-order valence-electron chi connectivity index (χ3n) is 4.42. The van der Waals surface area contributed by atoms with Crippen LogP contribution in [0.2, 0.25) is 0 Å². The van der Waals surface area contributed by atoms with Crippen LogP contribution < -0.4 is 10.1 Å². The second-order valence-electron chi connectivity index (χ2n) is 8.46. The van der Waals surface area contributed by atoms with Gasteiger partial charge in [-0.15, -0.1) is 0 Å². The SMILES string of the molecule is CCOc1ccc(S(=O)(=O)N(CC(=O)NCC(C)(C)C)Cc2ccccc2)cc1C. The Morgan fingerprint density at radius 1 is 1.10 bits per heavy atom. The van der Waals surface area contributed by atoms with Gasteiger partial charge in [0.15, 0.2) is 0 Å². The zero-order valence-corrected chi connectivity index (χ0v) is 19.3. The molecule has 0 saturated carbocycles. The fraction of sp³-hybridized carbons (Fsp3) is 0.435. The number of hydrogen-bond acceptors (Lipinski definition) is 4. The molecule has 30 heavy (non-hydrogen) atoms. The summed E-state index contributed by atoms with van der Waals surface area (Å²) >= 11 is 0. The maximum atomic E-state index is 13.4. The molecule has 164 valence electrons. The van der Waals surface area contributed by atoms with Crippen LogP contribution in [0, 0.1) is 12.3 Å². The number of sulfonamides is 1. The number of hydrogen-bond donors (Lipinski definition) is 1. The summed E-state index contributed by atoms with van der Waals surface area (Å²) in [5.41, 5.74) is 1.45. The molecule has 7 heteroatoms. The summed E-state index contributed by atoms with van der Waals surface area (Å²) in [4.78, 5) is 12.7. The van der Waals surface area contributed by atoms with Gasteiger partial charge in [0.1, 0.15) is 5.75 Å². The lowest BCUT2D eigenvalue weighted by atomic mass is 9.97. The van der Waals surface area contributed by atoms with Crippen LogP contribution in [0.25, 0.3) is 0 Å². The van der Waals surface area contributed by atoms with Gasteiger partial charge >= 0.3 is 0 Å². The van der Waals surface area contributed by atoms with E-state index >= 15 is 0 Å². The Kier molecular flexibility index (Phi) is 8.03. The number of nitrogens with one attached hydrogen (secondary N) is 1. The molecule has 0 heterocycles. The van der Waals surface area contributed by atoms with E-state index in [-0.39, 0.29) is 29.3 Å². The number of aryl methyl sites for hydroxylation is 1. The Hall–Kier alpha value is -2.38. The van der Waals surface area contributed by atoms with Crippen LogP contribution >= 0.6 is 0 Å². The first kappa shape index (κ1) is 23.9. The Morgan fingerprint density at radius 3 is 2.33 bits per heavy atom. The van der Waals surface area contributed by atoms with E-state index in [0.717, 1.165) is 11.1 Å². The molecule has 2 aromatic carbocycles. The lowest BCUT2D eigenvalue weighted by Crippen LogP contribution is -2.42. The third kappa shape index (κ3) is 6.85. The van der Waals surface area contributed by atoms with Crippen molar-refractivity contribution in [3.05, 3.63) is 59.7 Å². The van der Waals surface area contributed by atoms with Crippen molar-refractivity contribution in [3.8, 4) is 5.75 Å². The van der Waals surface area contributed by atoms with Gasteiger partial charge in [-0.25, -0.2) is 8.42 Å². The molecule has 0 aliphatic carbocycles. The number of benzene rings is 2. The molecule has 1 amide bonds. The van der Waals surface area contributed by atoms with Gasteiger partial charge in [0.25, 0.3) is 0 Å². The maximum absolute atomic E-state index is 13.4. The minimum Gasteiger partial charge on any atom is -0.494 e. The molecule has 0 aliphatic rings.